The van der Waals surface area contributed by atoms with E-state index in [1.54, 1.807) is 0 Å². The van der Waals surface area contributed by atoms with Gasteiger partial charge in [-0.25, -0.2) is 4.79 Å². The zero-order chi connectivity index (χ0) is 22.6. The molecule has 31 heavy (non-hydrogen) atoms. The fourth-order valence-electron chi connectivity index (χ4n) is 4.66. The van der Waals surface area contributed by atoms with Crippen LogP contribution >= 0.6 is 0 Å². The zero-order valence-corrected chi connectivity index (χ0v) is 17.6. The van der Waals surface area contributed by atoms with Crippen LogP contribution in [0.15, 0.2) is 12.4 Å². The summed E-state index contributed by atoms with van der Waals surface area (Å²) in [5, 5.41) is 11.4. The molecule has 1 aromatic heterocycles. The van der Waals surface area contributed by atoms with E-state index < -0.39 is 12.1 Å². The molecule has 174 valence electrons. The number of aryl methyl sites for hydroxylation is 1. The largest absolute Gasteiger partial charge is 0.490 e. The van der Waals surface area contributed by atoms with Crippen molar-refractivity contribution in [3.63, 3.8) is 0 Å². The van der Waals surface area contributed by atoms with Crippen LogP contribution in [0.5, 0.6) is 0 Å². The van der Waals surface area contributed by atoms with E-state index in [0.29, 0.717) is 30.1 Å². The van der Waals surface area contributed by atoms with Gasteiger partial charge in [-0.05, 0) is 30.6 Å². The van der Waals surface area contributed by atoms with Crippen LogP contribution in [-0.4, -0.2) is 82.1 Å². The summed E-state index contributed by atoms with van der Waals surface area (Å²) in [5.41, 5.74) is 1.27. The molecular weight excluding hydrogens is 417 g/mol. The summed E-state index contributed by atoms with van der Waals surface area (Å²) in [5.74, 6) is -0.857. The Morgan fingerprint density at radius 3 is 2.48 bits per heavy atom. The second-order valence-corrected chi connectivity index (χ2v) is 8.53. The van der Waals surface area contributed by atoms with E-state index in [1.807, 2.05) is 22.8 Å². The second-order valence-electron chi connectivity index (χ2n) is 8.53. The third-order valence-electron chi connectivity index (χ3n) is 6.14. The van der Waals surface area contributed by atoms with Crippen molar-refractivity contribution in [2.45, 2.75) is 32.0 Å². The Kier molecular flexibility index (Phi) is 7.58. The molecule has 0 bridgehead atoms. The average Bonchev–Trinajstić information content (AvgIpc) is 3.43. The van der Waals surface area contributed by atoms with Crippen molar-refractivity contribution >= 4 is 11.9 Å². The van der Waals surface area contributed by atoms with Gasteiger partial charge in [0.25, 0.3) is 0 Å². The van der Waals surface area contributed by atoms with Crippen molar-refractivity contribution in [3.05, 3.63) is 18.0 Å². The van der Waals surface area contributed by atoms with E-state index in [1.165, 1.54) is 5.56 Å². The number of aromatic nitrogens is 2. The van der Waals surface area contributed by atoms with Gasteiger partial charge in [0, 0.05) is 58.0 Å². The van der Waals surface area contributed by atoms with Crippen LogP contribution in [0.3, 0.4) is 0 Å². The van der Waals surface area contributed by atoms with E-state index in [4.69, 9.17) is 14.6 Å². The minimum absolute atomic E-state index is 0.340. The molecule has 0 radical (unpaired) electrons. The van der Waals surface area contributed by atoms with Gasteiger partial charge in [0.05, 0.1) is 19.4 Å². The molecular formula is C20H29F3N4O4. The summed E-state index contributed by atoms with van der Waals surface area (Å²) in [7, 11) is 1.96. The van der Waals surface area contributed by atoms with E-state index >= 15 is 0 Å². The number of ether oxygens (including phenoxy) is 1. The van der Waals surface area contributed by atoms with Gasteiger partial charge in [-0.2, -0.15) is 18.3 Å². The summed E-state index contributed by atoms with van der Waals surface area (Å²) < 4.78 is 39.4. The number of carboxylic acid groups (broad SMARTS) is 1. The highest BCUT2D eigenvalue weighted by atomic mass is 19.4. The van der Waals surface area contributed by atoms with E-state index in [0.717, 1.165) is 58.8 Å². The van der Waals surface area contributed by atoms with Crippen LogP contribution in [0.4, 0.5) is 13.2 Å². The SMILES string of the molecule is Cn1cc(CN2C[C@@H]3COC[C@@H](CC(=O)N4CCCC4)[C@@H]3C2)cn1.O=C(O)C(F)(F)F. The van der Waals surface area contributed by atoms with Crippen molar-refractivity contribution in [3.8, 4) is 0 Å². The number of likely N-dealkylation sites (tertiary alicyclic amines) is 2. The monoisotopic (exact) mass is 446 g/mol. The van der Waals surface area contributed by atoms with Crippen molar-refractivity contribution in [1.82, 2.24) is 19.6 Å². The Balaban J connectivity index is 0.000000339. The van der Waals surface area contributed by atoms with Gasteiger partial charge in [-0.15, -0.1) is 0 Å². The van der Waals surface area contributed by atoms with Gasteiger partial charge < -0.3 is 14.7 Å². The van der Waals surface area contributed by atoms with Crippen LogP contribution in [-0.2, 0) is 27.9 Å². The molecule has 4 heterocycles. The number of amides is 1. The third-order valence-corrected chi connectivity index (χ3v) is 6.14. The minimum Gasteiger partial charge on any atom is -0.475 e. The van der Waals surface area contributed by atoms with Gasteiger partial charge in [0.1, 0.15) is 0 Å². The van der Waals surface area contributed by atoms with E-state index in [9.17, 15) is 18.0 Å². The Hall–Kier alpha value is -2.14. The van der Waals surface area contributed by atoms with Crippen LogP contribution in [0.25, 0.3) is 0 Å². The van der Waals surface area contributed by atoms with Crippen LogP contribution in [0.1, 0.15) is 24.8 Å². The highest BCUT2D eigenvalue weighted by Crippen LogP contribution is 2.36. The number of halogens is 3. The molecule has 8 nitrogen and oxygen atoms in total. The highest BCUT2D eigenvalue weighted by Gasteiger charge is 2.42. The maximum atomic E-state index is 12.5. The molecule has 3 saturated heterocycles. The van der Waals surface area contributed by atoms with Crippen LogP contribution < -0.4 is 0 Å². The number of hydrogen-bond donors (Lipinski definition) is 1. The quantitative estimate of drug-likeness (QED) is 0.759. The Morgan fingerprint density at radius 1 is 1.23 bits per heavy atom. The number of hydrogen-bond acceptors (Lipinski definition) is 5. The van der Waals surface area contributed by atoms with Crippen molar-refractivity contribution in [2.75, 3.05) is 39.4 Å². The summed E-state index contributed by atoms with van der Waals surface area (Å²) >= 11 is 0. The summed E-state index contributed by atoms with van der Waals surface area (Å²) in [6.45, 7) is 6.62. The highest BCUT2D eigenvalue weighted by molar-refractivity contribution is 5.76. The summed E-state index contributed by atoms with van der Waals surface area (Å²) in [6.07, 6.45) is 1.96. The second kappa shape index (κ2) is 9.99. The first-order chi connectivity index (χ1) is 14.6. The number of carbonyl (C=O) groups excluding carboxylic acids is 1. The minimum atomic E-state index is -5.08. The molecule has 0 spiro atoms. The lowest BCUT2D eigenvalue weighted by Crippen LogP contribution is -2.39. The lowest BCUT2D eigenvalue weighted by Gasteiger charge is -2.33. The number of aliphatic carboxylic acids is 1. The topological polar surface area (TPSA) is 87.9 Å². The van der Waals surface area contributed by atoms with Crippen LogP contribution in [0, 0.1) is 17.8 Å². The van der Waals surface area contributed by atoms with Crippen molar-refractivity contribution < 1.29 is 32.6 Å². The number of fused-ring (bicyclic) bond motifs is 1. The lowest BCUT2D eigenvalue weighted by molar-refractivity contribution is -0.192. The molecule has 4 rings (SSSR count). The molecule has 3 aliphatic rings. The van der Waals surface area contributed by atoms with Gasteiger partial charge in [-0.1, -0.05) is 0 Å². The normalized spacial score (nSPS) is 26.3. The predicted octanol–water partition coefficient (Wildman–Crippen LogP) is 1.76. The Labute approximate surface area is 178 Å². The van der Waals surface area contributed by atoms with E-state index in [2.05, 4.69) is 16.2 Å². The van der Waals surface area contributed by atoms with Crippen molar-refractivity contribution in [2.24, 2.45) is 24.8 Å². The molecule has 1 aromatic rings. The Morgan fingerprint density at radius 2 is 1.90 bits per heavy atom. The molecule has 3 fully saturated rings. The van der Waals surface area contributed by atoms with Crippen molar-refractivity contribution in [1.29, 1.82) is 0 Å². The fraction of sp³-hybridized carbons (Fsp3) is 0.750. The smallest absolute Gasteiger partial charge is 0.475 e. The zero-order valence-electron chi connectivity index (χ0n) is 17.6. The molecule has 0 saturated carbocycles. The number of rotatable bonds is 4. The van der Waals surface area contributed by atoms with Gasteiger partial charge in [0.15, 0.2) is 0 Å². The fourth-order valence-corrected chi connectivity index (χ4v) is 4.66. The van der Waals surface area contributed by atoms with Gasteiger partial charge in [0.2, 0.25) is 5.91 Å². The Bertz CT molecular complexity index is 764. The predicted molar refractivity (Wildman–Crippen MR) is 104 cm³/mol. The first-order valence-corrected chi connectivity index (χ1v) is 10.5. The van der Waals surface area contributed by atoms with Gasteiger partial charge >= 0.3 is 12.1 Å². The number of carbonyl (C=O) groups is 2. The molecule has 1 amide bonds. The molecule has 0 unspecified atom stereocenters. The standard InChI is InChI=1S/C18H28N4O2.C2HF3O2/c1-20-8-14(7-19-20)9-21-10-16-13-24-12-15(17(16)11-21)6-18(23)22-4-2-3-5-22;3-2(4,5)1(6)7/h7-8,15-17H,2-6,9-13H2,1H3;(H,6,7)/t15-,16-,17+;/m1./s1. The molecule has 3 atom stereocenters. The van der Waals surface area contributed by atoms with E-state index in [-0.39, 0.29) is 0 Å². The number of alkyl halides is 3. The summed E-state index contributed by atoms with van der Waals surface area (Å²) in [6, 6.07) is 0. The average molecular weight is 446 g/mol. The number of nitrogens with zero attached hydrogens (tertiary/aromatic N) is 4. The third kappa shape index (κ3) is 6.42. The molecule has 0 aromatic carbocycles. The maximum absolute atomic E-state index is 12.5. The lowest BCUT2D eigenvalue weighted by atomic mass is 9.81. The molecule has 3 aliphatic heterocycles. The first-order valence-electron chi connectivity index (χ1n) is 10.5. The first kappa shape index (κ1) is 23.5. The summed E-state index contributed by atoms with van der Waals surface area (Å²) in [4.78, 5) is 26.0. The maximum Gasteiger partial charge on any atom is 0.490 e. The van der Waals surface area contributed by atoms with Crippen LogP contribution in [0.2, 0.25) is 0 Å². The number of carboxylic acids is 1. The molecule has 11 heteroatoms. The van der Waals surface area contributed by atoms with Gasteiger partial charge in [-0.3, -0.25) is 14.4 Å². The molecule has 1 N–H and O–H groups in total. The molecule has 0 aliphatic carbocycles.